The molecule has 0 spiro atoms. The topological polar surface area (TPSA) is 216 Å². The molecule has 13 nitrogen and oxygen atoms in total. The molecule has 7 N–H and O–H groups in total. The summed E-state index contributed by atoms with van der Waals surface area (Å²) in [7, 11) is 0. The van der Waals surface area contributed by atoms with E-state index in [1.165, 1.54) is 4.90 Å². The monoisotopic (exact) mass is 462 g/mol. The molecule has 0 saturated carbocycles. The minimum atomic E-state index is -1.66. The molecule has 1 aliphatic rings. The van der Waals surface area contributed by atoms with Crippen LogP contribution in [0.25, 0.3) is 0 Å². The summed E-state index contributed by atoms with van der Waals surface area (Å²) < 4.78 is 0. The Morgan fingerprint density at radius 3 is 2.19 bits per heavy atom. The molecule has 1 rings (SSSR count). The van der Waals surface area contributed by atoms with Crippen molar-refractivity contribution in [3.63, 3.8) is 0 Å². The smallest absolute Gasteiger partial charge is 0.326 e. The number of carboxylic acids is 3. The van der Waals surface area contributed by atoms with Crippen LogP contribution >= 0.6 is 12.6 Å². The van der Waals surface area contributed by atoms with Gasteiger partial charge in [-0.3, -0.25) is 24.0 Å². The van der Waals surface area contributed by atoms with Crippen LogP contribution in [0.5, 0.6) is 0 Å². The normalized spacial score (nSPS) is 18.5. The van der Waals surface area contributed by atoms with Gasteiger partial charge in [-0.1, -0.05) is 0 Å². The predicted molar refractivity (Wildman–Crippen MR) is 107 cm³/mol. The van der Waals surface area contributed by atoms with Gasteiger partial charge in [0.1, 0.15) is 18.1 Å². The fraction of sp³-hybridized carbons (Fsp3) is 0.647. The quantitative estimate of drug-likeness (QED) is 0.153. The first-order valence-electron chi connectivity index (χ1n) is 9.42. The number of carbonyl (C=O) groups is 6. The summed E-state index contributed by atoms with van der Waals surface area (Å²) in [5, 5.41) is 31.0. The van der Waals surface area contributed by atoms with Crippen molar-refractivity contribution >= 4 is 48.3 Å². The van der Waals surface area contributed by atoms with Crippen molar-refractivity contribution in [2.24, 2.45) is 5.73 Å². The molecule has 0 aromatic heterocycles. The van der Waals surface area contributed by atoms with Crippen LogP contribution in [0, 0.1) is 0 Å². The highest BCUT2D eigenvalue weighted by molar-refractivity contribution is 7.80. The second-order valence-corrected chi connectivity index (χ2v) is 7.33. The molecule has 0 aromatic rings. The van der Waals surface area contributed by atoms with Gasteiger partial charge in [-0.25, -0.2) is 4.79 Å². The van der Waals surface area contributed by atoms with Gasteiger partial charge in [0.2, 0.25) is 17.7 Å². The number of hydrogen-bond donors (Lipinski definition) is 7. The van der Waals surface area contributed by atoms with Crippen LogP contribution in [0.2, 0.25) is 0 Å². The zero-order valence-electron chi connectivity index (χ0n) is 16.5. The number of hydrogen-bond acceptors (Lipinski definition) is 8. The summed E-state index contributed by atoms with van der Waals surface area (Å²) in [6.45, 7) is 0.165. The third-order valence-corrected chi connectivity index (χ3v) is 5.00. The van der Waals surface area contributed by atoms with E-state index < -0.39 is 66.2 Å². The van der Waals surface area contributed by atoms with Crippen molar-refractivity contribution in [1.82, 2.24) is 15.5 Å². The Labute approximate surface area is 182 Å². The number of aliphatic carboxylic acids is 3. The van der Waals surface area contributed by atoms with E-state index in [1.54, 1.807) is 0 Å². The van der Waals surface area contributed by atoms with Crippen LogP contribution in [-0.2, 0) is 28.8 Å². The molecule has 1 aliphatic heterocycles. The molecule has 1 saturated heterocycles. The molecule has 4 unspecified atom stereocenters. The van der Waals surface area contributed by atoms with Gasteiger partial charge in [0, 0.05) is 18.7 Å². The summed E-state index contributed by atoms with van der Waals surface area (Å²) in [5.74, 6) is -6.40. The van der Waals surface area contributed by atoms with Gasteiger partial charge in [0.15, 0.2) is 0 Å². The van der Waals surface area contributed by atoms with Gasteiger partial charge < -0.3 is 36.6 Å². The summed E-state index contributed by atoms with van der Waals surface area (Å²) in [6, 6.07) is -5.00. The van der Waals surface area contributed by atoms with Gasteiger partial charge in [0.05, 0.1) is 12.5 Å². The molecule has 0 aliphatic carbocycles. The highest BCUT2D eigenvalue weighted by Crippen LogP contribution is 2.19. The Bertz CT molecular complexity index is 732. The SMILES string of the molecule is NC(CCC(=O)O)C(=O)NC(CS)C(=O)N1CCCC1C(=O)NC(CC(=O)O)C(=O)O. The van der Waals surface area contributed by atoms with Crippen molar-refractivity contribution in [2.75, 3.05) is 12.3 Å². The van der Waals surface area contributed by atoms with E-state index in [0.717, 1.165) is 0 Å². The molecule has 0 radical (unpaired) electrons. The summed E-state index contributed by atoms with van der Waals surface area (Å²) in [6.07, 6.45) is -0.632. The Morgan fingerprint density at radius 1 is 1.03 bits per heavy atom. The Morgan fingerprint density at radius 2 is 1.68 bits per heavy atom. The lowest BCUT2D eigenvalue weighted by atomic mass is 10.1. The molecule has 0 aromatic carbocycles. The van der Waals surface area contributed by atoms with E-state index >= 15 is 0 Å². The maximum absolute atomic E-state index is 12.8. The fourth-order valence-electron chi connectivity index (χ4n) is 3.02. The van der Waals surface area contributed by atoms with Crippen LogP contribution in [0.3, 0.4) is 0 Å². The average Bonchev–Trinajstić information content (AvgIpc) is 3.18. The number of nitrogens with two attached hydrogens (primary N) is 1. The van der Waals surface area contributed by atoms with Crippen LogP contribution < -0.4 is 16.4 Å². The van der Waals surface area contributed by atoms with E-state index in [2.05, 4.69) is 23.3 Å². The molecule has 3 amide bonds. The lowest BCUT2D eigenvalue weighted by Crippen LogP contribution is -2.57. The predicted octanol–water partition coefficient (Wildman–Crippen LogP) is -2.37. The molecule has 1 fully saturated rings. The summed E-state index contributed by atoms with van der Waals surface area (Å²) >= 11 is 4.04. The molecule has 174 valence electrons. The minimum Gasteiger partial charge on any atom is -0.481 e. The second kappa shape index (κ2) is 12.1. The first kappa shape index (κ1) is 26.2. The van der Waals surface area contributed by atoms with E-state index in [1.807, 2.05) is 0 Å². The van der Waals surface area contributed by atoms with Crippen LogP contribution in [-0.4, -0.2) is 92.3 Å². The number of thiol groups is 1. The first-order chi connectivity index (χ1) is 14.5. The molecule has 0 bridgehead atoms. The van der Waals surface area contributed by atoms with Crippen LogP contribution in [0.1, 0.15) is 32.1 Å². The van der Waals surface area contributed by atoms with E-state index in [0.29, 0.717) is 6.42 Å². The highest BCUT2D eigenvalue weighted by Gasteiger charge is 2.39. The minimum absolute atomic E-state index is 0.127. The largest absolute Gasteiger partial charge is 0.481 e. The summed E-state index contributed by atoms with van der Waals surface area (Å²) in [5.41, 5.74) is 5.63. The van der Waals surface area contributed by atoms with Crippen LogP contribution in [0.15, 0.2) is 0 Å². The van der Waals surface area contributed by atoms with Crippen molar-refractivity contribution in [3.05, 3.63) is 0 Å². The second-order valence-electron chi connectivity index (χ2n) is 6.97. The molecule has 4 atom stereocenters. The number of nitrogens with one attached hydrogen (secondary N) is 2. The van der Waals surface area contributed by atoms with Gasteiger partial charge in [-0.15, -0.1) is 0 Å². The number of likely N-dealkylation sites (tertiary alicyclic amines) is 1. The Kier molecular flexibility index (Phi) is 10.2. The maximum Gasteiger partial charge on any atom is 0.326 e. The first-order valence-corrected chi connectivity index (χ1v) is 10.0. The number of nitrogens with zero attached hydrogens (tertiary/aromatic N) is 1. The van der Waals surface area contributed by atoms with Gasteiger partial charge >= 0.3 is 17.9 Å². The standard InChI is InChI=1S/C17H26N4O9S/c18-8(3-4-12(22)23)14(26)20-10(7-31)16(28)21-5-1-2-11(21)15(27)19-9(17(29)30)6-13(24)25/h8-11,31H,1-7,18H2,(H,19,27)(H,20,26)(H,22,23)(H,24,25)(H,29,30). The Hall–Kier alpha value is -2.87. The molecular formula is C17H26N4O9S. The van der Waals surface area contributed by atoms with Crippen molar-refractivity contribution in [2.45, 2.75) is 56.3 Å². The van der Waals surface area contributed by atoms with Crippen LogP contribution in [0.4, 0.5) is 0 Å². The zero-order chi connectivity index (χ0) is 23.7. The fourth-order valence-corrected chi connectivity index (χ4v) is 3.27. The lowest BCUT2D eigenvalue weighted by molar-refractivity contribution is -0.148. The van der Waals surface area contributed by atoms with Crippen molar-refractivity contribution < 1.29 is 44.1 Å². The molecular weight excluding hydrogens is 436 g/mol. The van der Waals surface area contributed by atoms with Gasteiger partial charge in [-0.2, -0.15) is 12.6 Å². The van der Waals surface area contributed by atoms with E-state index in [-0.39, 0.29) is 31.6 Å². The van der Waals surface area contributed by atoms with Gasteiger partial charge in [-0.05, 0) is 19.3 Å². The molecule has 14 heteroatoms. The molecule has 31 heavy (non-hydrogen) atoms. The lowest BCUT2D eigenvalue weighted by Gasteiger charge is -2.29. The van der Waals surface area contributed by atoms with E-state index in [4.69, 9.17) is 21.1 Å². The van der Waals surface area contributed by atoms with Gasteiger partial charge in [0.25, 0.3) is 0 Å². The number of amides is 3. The highest BCUT2D eigenvalue weighted by atomic mass is 32.1. The number of carbonyl (C=O) groups excluding carboxylic acids is 3. The third kappa shape index (κ3) is 8.05. The van der Waals surface area contributed by atoms with Crippen molar-refractivity contribution in [1.29, 1.82) is 0 Å². The zero-order valence-corrected chi connectivity index (χ0v) is 17.4. The van der Waals surface area contributed by atoms with E-state index in [9.17, 15) is 28.8 Å². The summed E-state index contributed by atoms with van der Waals surface area (Å²) in [4.78, 5) is 71.2. The Balaban J connectivity index is 2.81. The van der Waals surface area contributed by atoms with Crippen molar-refractivity contribution in [3.8, 4) is 0 Å². The number of carboxylic acid groups (broad SMARTS) is 3. The third-order valence-electron chi connectivity index (χ3n) is 4.63. The molecule has 1 heterocycles. The number of rotatable bonds is 12. The maximum atomic E-state index is 12.8. The average molecular weight is 462 g/mol.